The van der Waals surface area contributed by atoms with Gasteiger partial charge in [-0.05, 0) is 37.5 Å². The molecule has 6 heteroatoms. The summed E-state index contributed by atoms with van der Waals surface area (Å²) in [5, 5.41) is 11.5. The van der Waals surface area contributed by atoms with Crippen molar-refractivity contribution in [1.82, 2.24) is 5.32 Å². The summed E-state index contributed by atoms with van der Waals surface area (Å²) in [5.41, 5.74) is -0.835. The molecule has 1 amide bonds. The molecule has 0 saturated carbocycles. The average Bonchev–Trinajstić information content (AvgIpc) is 2.39. The third-order valence-corrected chi connectivity index (χ3v) is 3.22. The fraction of sp³-hybridized carbons (Fsp3) is 0.429. The second-order valence-corrected chi connectivity index (χ2v) is 4.79. The first-order valence-electron chi connectivity index (χ1n) is 6.27. The molecule has 2 N–H and O–H groups in total. The average molecular weight is 285 g/mol. The van der Waals surface area contributed by atoms with Gasteiger partial charge in [0.15, 0.2) is 11.6 Å². The Morgan fingerprint density at radius 3 is 2.45 bits per heavy atom. The molecule has 4 nitrogen and oxygen atoms in total. The molecule has 1 aromatic rings. The number of benzene rings is 1. The number of hydrogen-bond donors (Lipinski definition) is 2. The number of carbonyl (C=O) groups is 2. The van der Waals surface area contributed by atoms with Crippen LogP contribution in [0.4, 0.5) is 8.78 Å². The van der Waals surface area contributed by atoms with Crippen molar-refractivity contribution in [2.24, 2.45) is 0 Å². The zero-order chi connectivity index (χ0) is 15.3. The molecule has 0 heterocycles. The lowest BCUT2D eigenvalue weighted by Gasteiger charge is -2.24. The number of aliphatic carboxylic acids is 1. The Bertz CT molecular complexity index is 519. The molecule has 0 aliphatic heterocycles. The molecule has 0 aliphatic rings. The highest BCUT2D eigenvalue weighted by molar-refractivity contribution is 5.86. The van der Waals surface area contributed by atoms with Crippen LogP contribution in [0.3, 0.4) is 0 Å². The minimum absolute atomic E-state index is 0.00788. The molecule has 0 aliphatic carbocycles. The normalized spacial score (nSPS) is 13.6. The predicted molar refractivity (Wildman–Crippen MR) is 69.2 cm³/mol. The SMILES string of the molecule is CCC(C)(NC(=O)CCc1ccc(F)c(F)c1)C(=O)O. The zero-order valence-corrected chi connectivity index (χ0v) is 11.4. The lowest BCUT2D eigenvalue weighted by molar-refractivity contribution is -0.147. The standard InChI is InChI=1S/C14H17F2NO3/c1-3-14(2,13(19)20)17-12(18)7-5-9-4-6-10(15)11(16)8-9/h4,6,8H,3,5,7H2,1-2H3,(H,17,18)(H,19,20). The Labute approximate surface area is 115 Å². The molecule has 1 aromatic carbocycles. The van der Waals surface area contributed by atoms with E-state index in [2.05, 4.69) is 5.32 Å². The molecule has 1 unspecified atom stereocenters. The summed E-state index contributed by atoms with van der Waals surface area (Å²) in [4.78, 5) is 22.7. The number of halogens is 2. The van der Waals surface area contributed by atoms with Gasteiger partial charge in [-0.2, -0.15) is 0 Å². The van der Waals surface area contributed by atoms with E-state index in [1.165, 1.54) is 13.0 Å². The molecular weight excluding hydrogens is 268 g/mol. The van der Waals surface area contributed by atoms with E-state index in [9.17, 15) is 18.4 Å². The molecule has 1 atom stereocenters. The maximum Gasteiger partial charge on any atom is 0.329 e. The van der Waals surface area contributed by atoms with Crippen molar-refractivity contribution in [3.8, 4) is 0 Å². The first kappa shape index (κ1) is 16.1. The molecular formula is C14H17F2NO3. The predicted octanol–water partition coefficient (Wildman–Crippen LogP) is 2.27. The highest BCUT2D eigenvalue weighted by Gasteiger charge is 2.32. The third kappa shape index (κ3) is 4.01. The van der Waals surface area contributed by atoms with Crippen LogP contribution in [0.1, 0.15) is 32.3 Å². The van der Waals surface area contributed by atoms with E-state index in [4.69, 9.17) is 5.11 Å². The maximum atomic E-state index is 13.0. The van der Waals surface area contributed by atoms with Gasteiger partial charge < -0.3 is 10.4 Å². The molecule has 1 rings (SSSR count). The number of aryl methyl sites for hydroxylation is 1. The van der Waals surface area contributed by atoms with Gasteiger partial charge in [0.1, 0.15) is 5.54 Å². The molecule has 0 spiro atoms. The first-order chi connectivity index (χ1) is 9.28. The van der Waals surface area contributed by atoms with Gasteiger partial charge in [0.05, 0.1) is 0 Å². The van der Waals surface area contributed by atoms with E-state index < -0.39 is 29.0 Å². The molecule has 110 valence electrons. The maximum absolute atomic E-state index is 13.0. The largest absolute Gasteiger partial charge is 0.480 e. The van der Waals surface area contributed by atoms with E-state index >= 15 is 0 Å². The van der Waals surface area contributed by atoms with Crippen molar-refractivity contribution < 1.29 is 23.5 Å². The van der Waals surface area contributed by atoms with Crippen LogP contribution < -0.4 is 5.32 Å². The van der Waals surface area contributed by atoms with Gasteiger partial charge in [-0.3, -0.25) is 4.79 Å². The van der Waals surface area contributed by atoms with E-state index in [-0.39, 0.29) is 19.3 Å². The van der Waals surface area contributed by atoms with Crippen LogP contribution in [0.5, 0.6) is 0 Å². The topological polar surface area (TPSA) is 66.4 Å². The van der Waals surface area contributed by atoms with E-state index in [1.807, 2.05) is 0 Å². The number of nitrogens with one attached hydrogen (secondary N) is 1. The number of hydrogen-bond acceptors (Lipinski definition) is 2. The number of carboxylic acids is 1. The van der Waals surface area contributed by atoms with E-state index in [0.717, 1.165) is 12.1 Å². The van der Waals surface area contributed by atoms with Crippen LogP contribution in [-0.4, -0.2) is 22.5 Å². The smallest absolute Gasteiger partial charge is 0.329 e. The summed E-state index contributed by atoms with van der Waals surface area (Å²) in [6.45, 7) is 3.08. The van der Waals surface area contributed by atoms with Gasteiger partial charge in [0.25, 0.3) is 0 Å². The minimum Gasteiger partial charge on any atom is -0.480 e. The fourth-order valence-electron chi connectivity index (χ4n) is 1.62. The van der Waals surface area contributed by atoms with Crippen molar-refractivity contribution in [3.63, 3.8) is 0 Å². The van der Waals surface area contributed by atoms with Crippen LogP contribution in [-0.2, 0) is 16.0 Å². The summed E-state index contributed by atoms with van der Waals surface area (Å²) >= 11 is 0. The monoisotopic (exact) mass is 285 g/mol. The van der Waals surface area contributed by atoms with Crippen LogP contribution in [0, 0.1) is 11.6 Å². The van der Waals surface area contributed by atoms with Crippen molar-refractivity contribution in [3.05, 3.63) is 35.4 Å². The van der Waals surface area contributed by atoms with Crippen molar-refractivity contribution in [2.75, 3.05) is 0 Å². The quantitative estimate of drug-likeness (QED) is 0.842. The molecule has 0 radical (unpaired) electrons. The number of carboxylic acid groups (broad SMARTS) is 1. The Balaban J connectivity index is 2.59. The summed E-state index contributed by atoms with van der Waals surface area (Å²) in [7, 11) is 0. The Morgan fingerprint density at radius 2 is 1.95 bits per heavy atom. The number of rotatable bonds is 6. The van der Waals surface area contributed by atoms with Gasteiger partial charge in [-0.15, -0.1) is 0 Å². The Hall–Kier alpha value is -1.98. The van der Waals surface area contributed by atoms with Crippen LogP contribution in [0.15, 0.2) is 18.2 Å². The summed E-state index contributed by atoms with van der Waals surface area (Å²) in [6, 6.07) is 3.41. The number of carbonyl (C=O) groups excluding carboxylic acids is 1. The highest BCUT2D eigenvalue weighted by Crippen LogP contribution is 2.12. The lowest BCUT2D eigenvalue weighted by Crippen LogP contribution is -2.51. The molecule has 0 fully saturated rings. The van der Waals surface area contributed by atoms with Gasteiger partial charge in [0, 0.05) is 6.42 Å². The van der Waals surface area contributed by atoms with Gasteiger partial charge in [0.2, 0.25) is 5.91 Å². The second kappa shape index (κ2) is 6.45. The summed E-state index contributed by atoms with van der Waals surface area (Å²) < 4.78 is 25.7. The Morgan fingerprint density at radius 1 is 1.30 bits per heavy atom. The molecule has 0 bridgehead atoms. The van der Waals surface area contributed by atoms with Crippen molar-refractivity contribution in [1.29, 1.82) is 0 Å². The van der Waals surface area contributed by atoms with E-state index in [1.54, 1.807) is 6.92 Å². The highest BCUT2D eigenvalue weighted by atomic mass is 19.2. The summed E-state index contributed by atoms with van der Waals surface area (Å²) in [6.07, 6.45) is 0.468. The van der Waals surface area contributed by atoms with Crippen molar-refractivity contribution in [2.45, 2.75) is 38.6 Å². The first-order valence-corrected chi connectivity index (χ1v) is 6.27. The second-order valence-electron chi connectivity index (χ2n) is 4.79. The number of amides is 1. The zero-order valence-electron chi connectivity index (χ0n) is 11.4. The molecule has 20 heavy (non-hydrogen) atoms. The van der Waals surface area contributed by atoms with Crippen molar-refractivity contribution >= 4 is 11.9 Å². The van der Waals surface area contributed by atoms with Gasteiger partial charge >= 0.3 is 5.97 Å². The minimum atomic E-state index is -1.31. The molecule has 0 saturated heterocycles. The van der Waals surface area contributed by atoms with Crippen LogP contribution in [0.2, 0.25) is 0 Å². The van der Waals surface area contributed by atoms with Gasteiger partial charge in [-0.25, -0.2) is 13.6 Å². The third-order valence-electron chi connectivity index (χ3n) is 3.22. The molecule has 0 aromatic heterocycles. The lowest BCUT2D eigenvalue weighted by atomic mass is 9.98. The summed E-state index contributed by atoms with van der Waals surface area (Å²) in [5.74, 6) is -3.46. The van der Waals surface area contributed by atoms with E-state index in [0.29, 0.717) is 5.56 Å². The van der Waals surface area contributed by atoms with Crippen LogP contribution in [0.25, 0.3) is 0 Å². The van der Waals surface area contributed by atoms with Crippen LogP contribution >= 0.6 is 0 Å². The fourth-order valence-corrected chi connectivity index (χ4v) is 1.62. The Kier molecular flexibility index (Phi) is 5.19. The van der Waals surface area contributed by atoms with Gasteiger partial charge in [-0.1, -0.05) is 13.0 Å².